The first kappa shape index (κ1) is 24.7. The Balaban J connectivity index is 1.40. The number of anilines is 1. The lowest BCUT2D eigenvalue weighted by Crippen LogP contribution is -2.41. The summed E-state index contributed by atoms with van der Waals surface area (Å²) in [5.74, 6) is 0.160. The van der Waals surface area contributed by atoms with Crippen LogP contribution in [-0.2, 0) is 28.4 Å². The van der Waals surface area contributed by atoms with Gasteiger partial charge in [-0.1, -0.05) is 12.1 Å². The molecule has 0 aliphatic carbocycles. The van der Waals surface area contributed by atoms with E-state index in [-0.39, 0.29) is 28.3 Å². The van der Waals surface area contributed by atoms with Gasteiger partial charge in [0, 0.05) is 11.9 Å². The summed E-state index contributed by atoms with van der Waals surface area (Å²) < 4.78 is 55.0. The summed E-state index contributed by atoms with van der Waals surface area (Å²) in [6.07, 6.45) is -2.09. The van der Waals surface area contributed by atoms with Crippen molar-refractivity contribution < 1.29 is 36.8 Å². The molecule has 0 radical (unpaired) electrons. The van der Waals surface area contributed by atoms with E-state index in [1.807, 2.05) is 0 Å². The van der Waals surface area contributed by atoms with Gasteiger partial charge in [0.2, 0.25) is 15.8 Å². The zero-order chi connectivity index (χ0) is 26.3. The topological polar surface area (TPSA) is 202 Å². The number of fused-ring (bicyclic) bond motifs is 3. The molecule has 15 nitrogen and oxygen atoms in total. The van der Waals surface area contributed by atoms with E-state index in [9.17, 15) is 27.8 Å². The van der Waals surface area contributed by atoms with Crippen LogP contribution in [0.5, 0.6) is 0 Å². The number of ether oxygens (including phenoxy) is 1. The highest BCUT2D eigenvalue weighted by Gasteiger charge is 2.51. The average molecular weight is 616 g/mol. The molecule has 196 valence electrons. The average Bonchev–Trinajstić information content (AvgIpc) is 3.47. The van der Waals surface area contributed by atoms with Crippen molar-refractivity contribution in [2.24, 2.45) is 0 Å². The van der Waals surface area contributed by atoms with Gasteiger partial charge < -0.3 is 28.8 Å². The molecule has 37 heavy (non-hydrogen) atoms. The van der Waals surface area contributed by atoms with E-state index in [4.69, 9.17) is 9.26 Å². The maximum atomic E-state index is 13.2. The molecule has 3 N–H and O–H groups in total. The molecule has 2 aliphatic rings. The molecule has 0 saturated carbocycles. The van der Waals surface area contributed by atoms with Crippen LogP contribution in [0.4, 0.5) is 5.69 Å². The van der Waals surface area contributed by atoms with Crippen molar-refractivity contribution in [3.63, 3.8) is 0 Å². The van der Waals surface area contributed by atoms with Crippen molar-refractivity contribution in [2.45, 2.75) is 24.5 Å². The van der Waals surface area contributed by atoms with Gasteiger partial charge in [-0.15, -0.1) is 0 Å². The Bertz CT molecular complexity index is 1770. The fourth-order valence-electron chi connectivity index (χ4n) is 4.35. The van der Waals surface area contributed by atoms with E-state index in [2.05, 4.69) is 40.1 Å². The lowest BCUT2D eigenvalue weighted by atomic mass is 10.1. The minimum Gasteiger partial charge on any atom is -0.756 e. The number of aliphatic hydroxyl groups excluding tert-OH is 1. The van der Waals surface area contributed by atoms with Gasteiger partial charge in [0.25, 0.3) is 13.4 Å². The van der Waals surface area contributed by atoms with E-state index < -0.39 is 47.9 Å². The Kier molecular flexibility index (Phi) is 5.63. The maximum Gasteiger partial charge on any atom is 0.287 e. The highest BCUT2D eigenvalue weighted by Crippen LogP contribution is 2.50. The quantitative estimate of drug-likeness (QED) is 0.211. The number of hydrogen-bond acceptors (Lipinski definition) is 11. The fraction of sp³-hybridized carbons (Fsp3) is 0.316. The highest BCUT2D eigenvalue weighted by molar-refractivity contribution is 9.10. The Morgan fingerprint density at radius 1 is 1.30 bits per heavy atom. The molecule has 2 fully saturated rings. The number of H-pyrrole nitrogens is 1. The van der Waals surface area contributed by atoms with E-state index in [0.717, 1.165) is 6.26 Å². The number of imidazole rings is 2. The summed E-state index contributed by atoms with van der Waals surface area (Å²) in [6.45, 7) is -0.331. The maximum absolute atomic E-state index is 13.2. The van der Waals surface area contributed by atoms with Crippen molar-refractivity contribution in [3.8, 4) is 11.3 Å². The molecule has 2 aliphatic heterocycles. The Morgan fingerprint density at radius 2 is 2.03 bits per heavy atom. The largest absolute Gasteiger partial charge is 0.756 e. The van der Waals surface area contributed by atoms with E-state index in [1.54, 1.807) is 24.3 Å². The summed E-state index contributed by atoms with van der Waals surface area (Å²) in [4.78, 5) is 36.7. The van der Waals surface area contributed by atoms with Crippen LogP contribution in [0.1, 0.15) is 6.23 Å². The first-order valence-electron chi connectivity index (χ1n) is 10.6. The van der Waals surface area contributed by atoms with Crippen molar-refractivity contribution in [1.82, 2.24) is 23.9 Å². The van der Waals surface area contributed by atoms with Crippen LogP contribution in [0.25, 0.3) is 28.2 Å². The summed E-state index contributed by atoms with van der Waals surface area (Å²) in [7, 11) is -8.00. The summed E-state index contributed by atoms with van der Waals surface area (Å²) in [6, 6.07) is 6.48. The van der Waals surface area contributed by atoms with Gasteiger partial charge in [-0.05, 0) is 33.6 Å². The molecule has 0 amide bonds. The molecule has 18 heteroatoms. The molecule has 3 aromatic heterocycles. The van der Waals surface area contributed by atoms with E-state index >= 15 is 0 Å². The van der Waals surface area contributed by atoms with Gasteiger partial charge in [0.1, 0.15) is 18.3 Å². The first-order chi connectivity index (χ1) is 17.4. The second-order valence-electron chi connectivity index (χ2n) is 8.52. The van der Waals surface area contributed by atoms with Gasteiger partial charge in [0.05, 0.1) is 18.6 Å². The Labute approximate surface area is 215 Å². The molecule has 5 heterocycles. The molecule has 2 saturated heterocycles. The molecule has 0 bridgehead atoms. The van der Waals surface area contributed by atoms with Gasteiger partial charge in [-0.25, -0.2) is 17.8 Å². The zero-order valence-electron chi connectivity index (χ0n) is 18.6. The predicted molar refractivity (Wildman–Crippen MR) is 129 cm³/mol. The number of aliphatic hydroxyl groups is 1. The highest BCUT2D eigenvalue weighted by atomic mass is 79.9. The van der Waals surface area contributed by atoms with Gasteiger partial charge >= 0.3 is 0 Å². The van der Waals surface area contributed by atoms with Gasteiger partial charge in [-0.3, -0.25) is 18.6 Å². The van der Waals surface area contributed by atoms with Crippen molar-refractivity contribution in [1.29, 1.82) is 0 Å². The summed E-state index contributed by atoms with van der Waals surface area (Å²) in [5.41, 5.74) is 1.10. The number of sulfonamides is 1. The third-order valence-corrected chi connectivity index (χ3v) is 8.05. The van der Waals surface area contributed by atoms with Crippen LogP contribution in [0.2, 0.25) is 0 Å². The van der Waals surface area contributed by atoms with Crippen LogP contribution in [0.15, 0.2) is 40.0 Å². The van der Waals surface area contributed by atoms with Crippen molar-refractivity contribution in [3.05, 3.63) is 45.5 Å². The lowest BCUT2D eigenvalue weighted by Gasteiger charge is -2.34. The minimum absolute atomic E-state index is 0.0278. The van der Waals surface area contributed by atoms with Gasteiger partial charge in [0.15, 0.2) is 22.1 Å². The minimum atomic E-state index is -4.57. The number of aromatic nitrogens is 5. The van der Waals surface area contributed by atoms with E-state index in [1.165, 1.54) is 15.2 Å². The molecular weight excluding hydrogens is 599 g/mol. The number of benzene rings is 1. The number of aromatic amines is 1. The number of halogens is 1. The Hall–Kier alpha value is -2.63. The number of rotatable bonds is 4. The first-order valence-corrected chi connectivity index (χ1v) is 14.8. The second kappa shape index (κ2) is 8.44. The summed E-state index contributed by atoms with van der Waals surface area (Å²) in [5, 5.41) is 10.8. The zero-order valence-corrected chi connectivity index (χ0v) is 21.9. The third kappa shape index (κ3) is 4.30. The predicted octanol–water partition coefficient (Wildman–Crippen LogP) is 0.315. The second-order valence-corrected chi connectivity index (χ2v) is 12.3. The number of nitrogens with zero attached hydrogens (tertiary/aromatic N) is 4. The standard InChI is InChI=1S/C19H18BrN6O9PS/c1-37(31,32)24-9-4-2-8(3-5-9)10-6-25-16(28)12-15(23-19(25)21-10)26(18(20)22-12)17-13(27)14-11(34-17)7-33-36(29,30)35-14/h2-6,11,13-14,17,24,27H,7H2,1H3,(H,21,23)(H,29,30)/p-1/t11?,13?,14-,17-/m1/s1. The number of nitrogens with one attached hydrogen (secondary N) is 2. The normalized spacial score (nSPS) is 28.1. The smallest absolute Gasteiger partial charge is 0.287 e. The molecule has 3 unspecified atom stereocenters. The SMILES string of the molecule is CS(=O)(=O)Nc1ccc(-c2cn3c(=O)c4nc(Br)n([C@@H]5OC6COP(=O)([O-])O[C@H]6C5O)c4nc3[nH]2)cc1. The van der Waals surface area contributed by atoms with Crippen molar-refractivity contribution >= 4 is 56.4 Å². The molecule has 0 spiro atoms. The fourth-order valence-corrected chi connectivity index (χ4v) is 6.41. The molecular formula is C19H17BrN6O9PS-. The number of phosphoric ester groups is 1. The van der Waals surface area contributed by atoms with Gasteiger partial charge in [-0.2, -0.15) is 4.98 Å². The molecule has 6 rings (SSSR count). The van der Waals surface area contributed by atoms with Crippen LogP contribution in [0, 0.1) is 0 Å². The lowest BCUT2D eigenvalue weighted by molar-refractivity contribution is -0.245. The van der Waals surface area contributed by atoms with Crippen LogP contribution < -0.4 is 15.2 Å². The molecule has 4 aromatic rings. The van der Waals surface area contributed by atoms with Crippen LogP contribution in [0.3, 0.4) is 0 Å². The van der Waals surface area contributed by atoms with Crippen LogP contribution >= 0.6 is 23.8 Å². The Morgan fingerprint density at radius 3 is 2.73 bits per heavy atom. The molecule has 1 aromatic carbocycles. The van der Waals surface area contributed by atoms with Crippen molar-refractivity contribution in [2.75, 3.05) is 17.6 Å². The monoisotopic (exact) mass is 615 g/mol. The number of hydrogen-bond donors (Lipinski definition) is 3. The molecule has 5 atom stereocenters. The third-order valence-electron chi connectivity index (χ3n) is 5.92. The van der Waals surface area contributed by atoms with Crippen LogP contribution in [-0.4, -0.2) is 68.6 Å². The van der Waals surface area contributed by atoms with E-state index in [0.29, 0.717) is 16.9 Å². The summed E-state index contributed by atoms with van der Waals surface area (Å²) >= 11 is 3.27. The number of phosphoric acid groups is 1.